The van der Waals surface area contributed by atoms with Crippen molar-refractivity contribution in [2.24, 2.45) is 0 Å². The van der Waals surface area contributed by atoms with Crippen LogP contribution in [0.5, 0.6) is 0 Å². The Morgan fingerprint density at radius 3 is 3.05 bits per heavy atom. The van der Waals surface area contributed by atoms with E-state index in [-0.39, 0.29) is 25.2 Å². The Bertz CT molecular complexity index is 546. The zero-order valence-electron chi connectivity index (χ0n) is 12.0. The SMILES string of the molecule is O=C(c1ncccc1C#CCO)N1CCCCC1CCO. The van der Waals surface area contributed by atoms with Crippen molar-refractivity contribution in [3.63, 3.8) is 0 Å². The van der Waals surface area contributed by atoms with Gasteiger partial charge in [-0.1, -0.05) is 11.8 Å². The van der Waals surface area contributed by atoms with Gasteiger partial charge in [-0.3, -0.25) is 4.79 Å². The van der Waals surface area contributed by atoms with Gasteiger partial charge in [0.25, 0.3) is 5.91 Å². The summed E-state index contributed by atoms with van der Waals surface area (Å²) in [7, 11) is 0. The second-order valence-electron chi connectivity index (χ2n) is 5.02. The summed E-state index contributed by atoms with van der Waals surface area (Å²) >= 11 is 0. The molecular weight excluding hydrogens is 268 g/mol. The number of nitrogens with zero attached hydrogens (tertiary/aromatic N) is 2. The average molecular weight is 288 g/mol. The van der Waals surface area contributed by atoms with Gasteiger partial charge in [0.2, 0.25) is 0 Å². The largest absolute Gasteiger partial charge is 0.396 e. The standard InChI is InChI=1S/C16H20N2O3/c19-11-4-6-13-5-3-9-17-15(13)16(21)18-10-2-1-7-14(18)8-12-20/h3,5,9,14,19-20H,1-2,7-8,10-12H2. The van der Waals surface area contributed by atoms with E-state index in [1.807, 2.05) is 0 Å². The van der Waals surface area contributed by atoms with Crippen molar-refractivity contribution in [3.8, 4) is 11.8 Å². The molecule has 21 heavy (non-hydrogen) atoms. The van der Waals surface area contributed by atoms with E-state index >= 15 is 0 Å². The monoisotopic (exact) mass is 288 g/mol. The Labute approximate surface area is 124 Å². The van der Waals surface area contributed by atoms with Crippen molar-refractivity contribution in [1.82, 2.24) is 9.88 Å². The normalized spacial score (nSPS) is 18.0. The molecule has 1 aromatic heterocycles. The first-order chi connectivity index (χ1) is 10.3. The second-order valence-corrected chi connectivity index (χ2v) is 5.02. The molecular formula is C16H20N2O3. The van der Waals surface area contributed by atoms with Crippen LogP contribution >= 0.6 is 0 Å². The van der Waals surface area contributed by atoms with Crippen LogP contribution in [-0.2, 0) is 0 Å². The highest BCUT2D eigenvalue weighted by Crippen LogP contribution is 2.22. The number of carbonyl (C=O) groups excluding carboxylic acids is 1. The Morgan fingerprint density at radius 2 is 2.29 bits per heavy atom. The molecule has 1 amide bonds. The third-order valence-electron chi connectivity index (χ3n) is 3.66. The Morgan fingerprint density at radius 1 is 1.43 bits per heavy atom. The van der Waals surface area contributed by atoms with Gasteiger partial charge in [0.1, 0.15) is 12.3 Å². The van der Waals surface area contributed by atoms with E-state index in [2.05, 4.69) is 16.8 Å². The minimum atomic E-state index is -0.251. The summed E-state index contributed by atoms with van der Waals surface area (Å²) in [4.78, 5) is 18.7. The molecule has 1 unspecified atom stereocenters. The Kier molecular flexibility index (Phi) is 5.73. The number of aromatic nitrogens is 1. The first kappa shape index (κ1) is 15.5. The quantitative estimate of drug-likeness (QED) is 0.807. The summed E-state index contributed by atoms with van der Waals surface area (Å²) in [6.07, 6.45) is 5.13. The number of hydrogen-bond donors (Lipinski definition) is 2. The van der Waals surface area contributed by atoms with Crippen LogP contribution in [0.15, 0.2) is 18.3 Å². The van der Waals surface area contributed by atoms with Crippen LogP contribution < -0.4 is 0 Å². The van der Waals surface area contributed by atoms with Gasteiger partial charge >= 0.3 is 0 Å². The molecule has 5 nitrogen and oxygen atoms in total. The molecule has 1 saturated heterocycles. The van der Waals surface area contributed by atoms with Gasteiger partial charge in [-0.15, -0.1) is 0 Å². The molecule has 2 rings (SSSR count). The summed E-state index contributed by atoms with van der Waals surface area (Å²) in [5, 5.41) is 18.0. The lowest BCUT2D eigenvalue weighted by molar-refractivity contribution is 0.0568. The predicted octanol–water partition coefficient (Wildman–Crippen LogP) is 0.802. The molecule has 1 aromatic rings. The number of carbonyl (C=O) groups is 1. The molecule has 1 fully saturated rings. The Balaban J connectivity index is 2.26. The number of rotatable bonds is 3. The zero-order chi connectivity index (χ0) is 15.1. The van der Waals surface area contributed by atoms with Crippen molar-refractivity contribution < 1.29 is 15.0 Å². The van der Waals surface area contributed by atoms with Gasteiger partial charge in [-0.25, -0.2) is 4.98 Å². The summed E-state index contributed by atoms with van der Waals surface area (Å²) in [5.74, 6) is 5.18. The van der Waals surface area contributed by atoms with Gasteiger partial charge in [0.15, 0.2) is 0 Å². The van der Waals surface area contributed by atoms with Crippen LogP contribution in [0, 0.1) is 11.8 Å². The maximum Gasteiger partial charge on any atom is 0.273 e. The first-order valence-corrected chi connectivity index (χ1v) is 7.24. The average Bonchev–Trinajstić information content (AvgIpc) is 2.53. The van der Waals surface area contributed by atoms with Crippen molar-refractivity contribution in [2.45, 2.75) is 31.7 Å². The number of pyridine rings is 1. The molecule has 1 aliphatic rings. The van der Waals surface area contributed by atoms with Crippen LogP contribution in [0.1, 0.15) is 41.7 Å². The molecule has 112 valence electrons. The van der Waals surface area contributed by atoms with E-state index in [4.69, 9.17) is 10.2 Å². The number of piperidine rings is 1. The predicted molar refractivity (Wildman–Crippen MR) is 78.6 cm³/mol. The highest BCUT2D eigenvalue weighted by atomic mass is 16.3. The van der Waals surface area contributed by atoms with Crippen LogP contribution in [-0.4, -0.2) is 51.8 Å². The molecule has 0 radical (unpaired) electrons. The van der Waals surface area contributed by atoms with Crippen molar-refractivity contribution in [1.29, 1.82) is 0 Å². The highest BCUT2D eigenvalue weighted by Gasteiger charge is 2.28. The number of amides is 1. The summed E-state index contributed by atoms with van der Waals surface area (Å²) in [5.41, 5.74) is 0.855. The topological polar surface area (TPSA) is 73.7 Å². The Hall–Kier alpha value is -1.90. The maximum atomic E-state index is 12.7. The van der Waals surface area contributed by atoms with Gasteiger partial charge in [-0.05, 0) is 37.8 Å². The van der Waals surface area contributed by atoms with Crippen LogP contribution in [0.4, 0.5) is 0 Å². The number of aliphatic hydroxyl groups excluding tert-OH is 2. The molecule has 5 heteroatoms. The molecule has 0 spiro atoms. The zero-order valence-corrected chi connectivity index (χ0v) is 12.0. The van der Waals surface area contributed by atoms with Crippen LogP contribution in [0.25, 0.3) is 0 Å². The molecule has 2 N–H and O–H groups in total. The second kappa shape index (κ2) is 7.77. The van der Waals surface area contributed by atoms with E-state index in [0.29, 0.717) is 24.2 Å². The van der Waals surface area contributed by atoms with E-state index in [0.717, 1.165) is 19.3 Å². The van der Waals surface area contributed by atoms with Gasteiger partial charge in [0, 0.05) is 25.4 Å². The minimum Gasteiger partial charge on any atom is -0.396 e. The lowest BCUT2D eigenvalue weighted by Crippen LogP contribution is -2.44. The fourth-order valence-electron chi connectivity index (χ4n) is 2.66. The molecule has 0 aliphatic carbocycles. The number of aliphatic hydroxyl groups is 2. The summed E-state index contributed by atoms with van der Waals surface area (Å²) < 4.78 is 0. The third-order valence-corrected chi connectivity index (χ3v) is 3.66. The molecule has 1 aliphatic heterocycles. The van der Waals surface area contributed by atoms with E-state index < -0.39 is 0 Å². The van der Waals surface area contributed by atoms with E-state index in [1.165, 1.54) is 0 Å². The summed E-state index contributed by atoms with van der Waals surface area (Å²) in [6, 6.07) is 3.52. The first-order valence-electron chi connectivity index (χ1n) is 7.24. The van der Waals surface area contributed by atoms with Crippen LogP contribution in [0.3, 0.4) is 0 Å². The van der Waals surface area contributed by atoms with Crippen molar-refractivity contribution in [2.75, 3.05) is 19.8 Å². The maximum absolute atomic E-state index is 12.7. The number of likely N-dealkylation sites (tertiary alicyclic amines) is 1. The fraction of sp³-hybridized carbons (Fsp3) is 0.500. The molecule has 1 atom stereocenters. The van der Waals surface area contributed by atoms with Crippen molar-refractivity contribution >= 4 is 5.91 Å². The lowest BCUT2D eigenvalue weighted by atomic mass is 9.98. The van der Waals surface area contributed by atoms with Gasteiger partial charge < -0.3 is 15.1 Å². The number of hydrogen-bond acceptors (Lipinski definition) is 4. The fourth-order valence-corrected chi connectivity index (χ4v) is 2.66. The van der Waals surface area contributed by atoms with Crippen molar-refractivity contribution in [3.05, 3.63) is 29.6 Å². The third kappa shape index (κ3) is 3.81. The highest BCUT2D eigenvalue weighted by molar-refractivity contribution is 5.95. The summed E-state index contributed by atoms with van der Waals surface area (Å²) in [6.45, 7) is 0.514. The minimum absolute atomic E-state index is 0.0666. The van der Waals surface area contributed by atoms with E-state index in [1.54, 1.807) is 23.2 Å². The molecule has 2 heterocycles. The lowest BCUT2D eigenvalue weighted by Gasteiger charge is -2.35. The van der Waals surface area contributed by atoms with Crippen LogP contribution in [0.2, 0.25) is 0 Å². The smallest absolute Gasteiger partial charge is 0.273 e. The van der Waals surface area contributed by atoms with Gasteiger partial charge in [-0.2, -0.15) is 0 Å². The molecule has 0 bridgehead atoms. The van der Waals surface area contributed by atoms with Gasteiger partial charge in [0.05, 0.1) is 5.56 Å². The molecule has 0 aromatic carbocycles. The molecule has 0 saturated carbocycles. The van der Waals surface area contributed by atoms with E-state index in [9.17, 15) is 4.79 Å².